The van der Waals surface area contributed by atoms with E-state index in [2.05, 4.69) is 12.1 Å². The molecule has 8 heavy (non-hydrogen) atoms. The van der Waals surface area contributed by atoms with Crippen LogP contribution in [0.4, 0.5) is 0 Å². The maximum Gasteiger partial charge on any atom is 0.0992 e. The third-order valence-electron chi connectivity index (χ3n) is 2.44. The maximum atomic E-state index is 2.42. The first-order valence-corrected chi connectivity index (χ1v) is 3.42. The molecule has 2 bridgehead atoms. The third kappa shape index (κ3) is 0.501. The second-order valence-electron chi connectivity index (χ2n) is 3.06. The minimum Gasteiger partial charge on any atom is -0.255 e. The second-order valence-corrected chi connectivity index (χ2v) is 3.06. The monoisotopic (exact) mass is 113 g/mol. The normalized spacial score (nSPS) is 46.1. The van der Waals surface area contributed by atoms with Crippen LogP contribution in [0.2, 0.25) is 0 Å². The molecule has 2 heterocycles. The standard InChI is InChI=1S/C6H12N2/c1-7-4-6-2-3-8(7)5-6/h6H,2-5H2,1H3/p+1. The third-order valence-corrected chi connectivity index (χ3v) is 2.44. The maximum absolute atomic E-state index is 2.42. The minimum atomic E-state index is 1.04. The zero-order chi connectivity index (χ0) is 5.56. The van der Waals surface area contributed by atoms with Gasteiger partial charge in [0.1, 0.15) is 0 Å². The highest BCUT2D eigenvalue weighted by Gasteiger charge is 2.37. The Morgan fingerprint density at radius 2 is 2.50 bits per heavy atom. The van der Waals surface area contributed by atoms with Crippen molar-refractivity contribution < 1.29 is 5.01 Å². The number of hydrogen-bond acceptors (Lipinski definition) is 1. The van der Waals surface area contributed by atoms with E-state index >= 15 is 0 Å². The largest absolute Gasteiger partial charge is 0.255 e. The van der Waals surface area contributed by atoms with E-state index in [9.17, 15) is 0 Å². The first-order chi connectivity index (χ1) is 3.86. The number of fused-ring (bicyclic) bond motifs is 2. The second kappa shape index (κ2) is 1.45. The number of nitrogens with one attached hydrogen (secondary N) is 1. The molecule has 0 aromatic rings. The van der Waals surface area contributed by atoms with E-state index in [1.165, 1.54) is 26.1 Å². The van der Waals surface area contributed by atoms with Gasteiger partial charge < -0.3 is 0 Å². The smallest absolute Gasteiger partial charge is 0.0992 e. The molecule has 1 N–H and O–H groups in total. The van der Waals surface area contributed by atoms with Crippen LogP contribution in [0.5, 0.6) is 0 Å². The van der Waals surface area contributed by atoms with E-state index in [1.807, 2.05) is 0 Å². The molecule has 2 heteroatoms. The molecule has 2 aliphatic heterocycles. The van der Waals surface area contributed by atoms with Crippen molar-refractivity contribution in [1.29, 1.82) is 0 Å². The lowest BCUT2D eigenvalue weighted by Gasteiger charge is -2.19. The van der Waals surface area contributed by atoms with Gasteiger partial charge in [-0.3, -0.25) is 5.01 Å². The van der Waals surface area contributed by atoms with Crippen LogP contribution < -0.4 is 5.01 Å². The molecule has 2 nitrogen and oxygen atoms in total. The van der Waals surface area contributed by atoms with Crippen molar-refractivity contribution in [2.24, 2.45) is 5.92 Å². The zero-order valence-corrected chi connectivity index (χ0v) is 5.35. The van der Waals surface area contributed by atoms with Gasteiger partial charge in [-0.1, -0.05) is 0 Å². The van der Waals surface area contributed by atoms with Crippen LogP contribution in [0.3, 0.4) is 0 Å². The molecule has 2 unspecified atom stereocenters. The van der Waals surface area contributed by atoms with Gasteiger partial charge in [0.15, 0.2) is 0 Å². The van der Waals surface area contributed by atoms with Crippen molar-refractivity contribution in [3.8, 4) is 0 Å². The highest BCUT2D eigenvalue weighted by Crippen LogP contribution is 2.09. The Hall–Kier alpha value is -0.0800. The number of hydrogen-bond donors (Lipinski definition) is 1. The Morgan fingerprint density at radius 1 is 1.62 bits per heavy atom. The molecule has 0 aromatic heterocycles. The summed E-state index contributed by atoms with van der Waals surface area (Å²) in [6.45, 7) is 4.15. The molecule has 2 saturated heterocycles. The van der Waals surface area contributed by atoms with Gasteiger partial charge in [-0.05, 0) is 0 Å². The van der Waals surface area contributed by atoms with Crippen molar-refractivity contribution >= 4 is 0 Å². The van der Waals surface area contributed by atoms with Gasteiger partial charge in [-0.2, -0.15) is 5.01 Å². The summed E-state index contributed by atoms with van der Waals surface area (Å²) in [6.07, 6.45) is 1.47. The first-order valence-electron chi connectivity index (χ1n) is 3.42. The van der Waals surface area contributed by atoms with E-state index in [1.54, 1.807) is 5.01 Å². The van der Waals surface area contributed by atoms with Crippen molar-refractivity contribution in [2.75, 3.05) is 26.7 Å². The molecule has 46 valence electrons. The van der Waals surface area contributed by atoms with Crippen LogP contribution >= 0.6 is 0 Å². The van der Waals surface area contributed by atoms with Crippen molar-refractivity contribution in [3.05, 3.63) is 0 Å². The molecule has 0 radical (unpaired) electrons. The molecule has 0 amide bonds. The van der Waals surface area contributed by atoms with Gasteiger partial charge in [0, 0.05) is 19.4 Å². The molecule has 2 aliphatic rings. The SMILES string of the molecule is CN1CC2CC[NH+]1C2. The lowest BCUT2D eigenvalue weighted by atomic mass is 10.1. The van der Waals surface area contributed by atoms with Crippen LogP contribution in [-0.4, -0.2) is 31.7 Å². The van der Waals surface area contributed by atoms with Gasteiger partial charge in [-0.25, -0.2) is 0 Å². The van der Waals surface area contributed by atoms with E-state index in [-0.39, 0.29) is 0 Å². The van der Waals surface area contributed by atoms with Gasteiger partial charge in [0.25, 0.3) is 0 Å². The Bertz CT molecular complexity index is 101. The molecule has 2 rings (SSSR count). The summed E-state index contributed by atoms with van der Waals surface area (Å²) in [5, 5.41) is 4.13. The summed E-state index contributed by atoms with van der Waals surface area (Å²) < 4.78 is 0. The fraction of sp³-hybridized carbons (Fsp3) is 1.00. The first kappa shape index (κ1) is 4.77. The molecule has 2 atom stereocenters. The average Bonchev–Trinajstić information content (AvgIpc) is 2.23. The molecular weight excluding hydrogens is 100 g/mol. The lowest BCUT2D eigenvalue weighted by molar-refractivity contribution is -0.992. The lowest BCUT2D eigenvalue weighted by Crippen LogP contribution is -3.14. The van der Waals surface area contributed by atoms with E-state index in [4.69, 9.17) is 0 Å². The van der Waals surface area contributed by atoms with Crippen molar-refractivity contribution in [1.82, 2.24) is 5.01 Å². The fourth-order valence-corrected chi connectivity index (χ4v) is 1.93. The molecular formula is C6H13N2+. The number of rotatable bonds is 0. The number of nitrogens with zero attached hydrogens (tertiary/aromatic N) is 1. The van der Waals surface area contributed by atoms with Gasteiger partial charge in [-0.15, -0.1) is 0 Å². The van der Waals surface area contributed by atoms with Crippen LogP contribution in [0.15, 0.2) is 0 Å². The quantitative estimate of drug-likeness (QED) is 0.412. The number of quaternary nitrogens is 1. The topological polar surface area (TPSA) is 7.68 Å². The van der Waals surface area contributed by atoms with Crippen LogP contribution in [0.1, 0.15) is 6.42 Å². The molecule has 2 fully saturated rings. The van der Waals surface area contributed by atoms with Crippen LogP contribution in [-0.2, 0) is 0 Å². The van der Waals surface area contributed by atoms with Crippen molar-refractivity contribution in [2.45, 2.75) is 6.42 Å². The Kier molecular flexibility index (Phi) is 0.866. The van der Waals surface area contributed by atoms with Gasteiger partial charge in [0.2, 0.25) is 0 Å². The van der Waals surface area contributed by atoms with E-state index in [0.717, 1.165) is 5.92 Å². The summed E-state index contributed by atoms with van der Waals surface area (Å²) in [5.74, 6) is 1.04. The average molecular weight is 113 g/mol. The summed E-state index contributed by atoms with van der Waals surface area (Å²) in [5.41, 5.74) is 0. The Balaban J connectivity index is 2.11. The molecule has 0 spiro atoms. The Morgan fingerprint density at radius 3 is 2.75 bits per heavy atom. The fourth-order valence-electron chi connectivity index (χ4n) is 1.93. The van der Waals surface area contributed by atoms with Crippen LogP contribution in [0, 0.1) is 5.92 Å². The molecule has 0 saturated carbocycles. The van der Waals surface area contributed by atoms with Crippen LogP contribution in [0.25, 0.3) is 0 Å². The summed E-state index contributed by atoms with van der Waals surface area (Å²) in [7, 11) is 2.22. The van der Waals surface area contributed by atoms with E-state index in [0.29, 0.717) is 0 Å². The molecule has 0 aromatic carbocycles. The predicted molar refractivity (Wildman–Crippen MR) is 31.4 cm³/mol. The summed E-state index contributed by atoms with van der Waals surface area (Å²) in [6, 6.07) is 0. The van der Waals surface area contributed by atoms with Crippen molar-refractivity contribution in [3.63, 3.8) is 0 Å². The van der Waals surface area contributed by atoms with Gasteiger partial charge >= 0.3 is 0 Å². The van der Waals surface area contributed by atoms with Gasteiger partial charge in [0.05, 0.1) is 19.6 Å². The predicted octanol–water partition coefficient (Wildman–Crippen LogP) is -1.25. The zero-order valence-electron chi connectivity index (χ0n) is 5.35. The Labute approximate surface area is 50.0 Å². The van der Waals surface area contributed by atoms with E-state index < -0.39 is 0 Å². The molecule has 0 aliphatic carbocycles. The summed E-state index contributed by atoms with van der Waals surface area (Å²) >= 11 is 0. The summed E-state index contributed by atoms with van der Waals surface area (Å²) in [4.78, 5) is 0. The minimum absolute atomic E-state index is 1.04. The highest BCUT2D eigenvalue weighted by atomic mass is 15.6. The highest BCUT2D eigenvalue weighted by molar-refractivity contribution is 4.68.